The molecule has 0 aliphatic carbocycles. The summed E-state index contributed by atoms with van der Waals surface area (Å²) in [5, 5.41) is 3.98. The molecule has 0 amide bonds. The lowest BCUT2D eigenvalue weighted by atomic mass is 10.1. The van der Waals surface area contributed by atoms with Gasteiger partial charge in [0.1, 0.15) is 11.6 Å². The van der Waals surface area contributed by atoms with Crippen molar-refractivity contribution in [3.05, 3.63) is 41.5 Å². The van der Waals surface area contributed by atoms with Crippen molar-refractivity contribution in [2.75, 3.05) is 30.8 Å². The SMILES string of the molecule is COC1CCN(c2nc(-c3nc(N)nc(Cc4cccc(F)c4)n3)no2)CC1. The summed E-state index contributed by atoms with van der Waals surface area (Å²) in [5.74, 6) is 0.586. The zero-order valence-corrected chi connectivity index (χ0v) is 15.4. The van der Waals surface area contributed by atoms with E-state index in [1.165, 1.54) is 12.1 Å². The molecule has 3 heterocycles. The van der Waals surface area contributed by atoms with Gasteiger partial charge in [-0.05, 0) is 30.5 Å². The molecule has 10 heteroatoms. The topological polar surface area (TPSA) is 116 Å². The minimum absolute atomic E-state index is 0.0451. The average molecular weight is 385 g/mol. The molecule has 1 aliphatic heterocycles. The summed E-state index contributed by atoms with van der Waals surface area (Å²) in [5.41, 5.74) is 6.54. The third kappa shape index (κ3) is 4.06. The van der Waals surface area contributed by atoms with Gasteiger partial charge < -0.3 is 19.9 Å². The Balaban J connectivity index is 1.53. The second-order valence-corrected chi connectivity index (χ2v) is 6.56. The first-order chi connectivity index (χ1) is 13.6. The second-order valence-electron chi connectivity index (χ2n) is 6.56. The van der Waals surface area contributed by atoms with E-state index in [2.05, 4.69) is 25.1 Å². The fourth-order valence-electron chi connectivity index (χ4n) is 3.16. The summed E-state index contributed by atoms with van der Waals surface area (Å²) < 4.78 is 24.1. The van der Waals surface area contributed by atoms with Crippen molar-refractivity contribution in [2.45, 2.75) is 25.4 Å². The number of methoxy groups -OCH3 is 1. The van der Waals surface area contributed by atoms with Crippen LogP contribution >= 0.6 is 0 Å². The second kappa shape index (κ2) is 7.85. The molecular formula is C18H20FN7O2. The number of hydrogen-bond donors (Lipinski definition) is 1. The molecule has 28 heavy (non-hydrogen) atoms. The summed E-state index contributed by atoms with van der Waals surface area (Å²) >= 11 is 0. The van der Waals surface area contributed by atoms with E-state index in [0.29, 0.717) is 18.3 Å². The fraction of sp³-hybridized carbons (Fsp3) is 0.389. The van der Waals surface area contributed by atoms with Crippen LogP contribution in [0, 0.1) is 5.82 Å². The smallest absolute Gasteiger partial charge is 0.324 e. The van der Waals surface area contributed by atoms with E-state index >= 15 is 0 Å². The Morgan fingerprint density at radius 1 is 1.18 bits per heavy atom. The molecule has 4 rings (SSSR count). The molecule has 0 radical (unpaired) electrons. The van der Waals surface area contributed by atoms with Gasteiger partial charge in [-0.15, -0.1) is 0 Å². The third-order valence-corrected chi connectivity index (χ3v) is 4.61. The first-order valence-corrected chi connectivity index (χ1v) is 8.97. The third-order valence-electron chi connectivity index (χ3n) is 4.61. The van der Waals surface area contributed by atoms with Crippen molar-refractivity contribution in [3.63, 3.8) is 0 Å². The van der Waals surface area contributed by atoms with Crippen molar-refractivity contribution in [2.24, 2.45) is 0 Å². The minimum Gasteiger partial charge on any atom is -0.381 e. The number of anilines is 2. The number of benzene rings is 1. The number of aromatic nitrogens is 5. The van der Waals surface area contributed by atoms with Gasteiger partial charge in [0.15, 0.2) is 0 Å². The molecule has 1 aliphatic rings. The predicted octanol–water partition coefficient (Wildman–Crippen LogP) is 1.85. The molecule has 1 aromatic carbocycles. The summed E-state index contributed by atoms with van der Waals surface area (Å²) in [7, 11) is 1.72. The molecular weight excluding hydrogens is 365 g/mol. The lowest BCUT2D eigenvalue weighted by Gasteiger charge is -2.29. The van der Waals surface area contributed by atoms with E-state index in [-0.39, 0.29) is 29.5 Å². The van der Waals surface area contributed by atoms with Gasteiger partial charge in [-0.25, -0.2) is 9.37 Å². The number of nitrogen functional groups attached to an aromatic ring is 1. The summed E-state index contributed by atoms with van der Waals surface area (Å²) in [6.07, 6.45) is 2.36. The average Bonchev–Trinajstić information content (AvgIpc) is 3.18. The first-order valence-electron chi connectivity index (χ1n) is 8.97. The van der Waals surface area contributed by atoms with Crippen molar-refractivity contribution in [1.29, 1.82) is 0 Å². The molecule has 0 unspecified atom stereocenters. The van der Waals surface area contributed by atoms with E-state index in [0.717, 1.165) is 31.5 Å². The van der Waals surface area contributed by atoms with E-state index in [1.54, 1.807) is 19.2 Å². The van der Waals surface area contributed by atoms with Crippen molar-refractivity contribution in [3.8, 4) is 11.6 Å². The highest BCUT2D eigenvalue weighted by Crippen LogP contribution is 2.22. The quantitative estimate of drug-likeness (QED) is 0.702. The molecule has 1 fully saturated rings. The molecule has 1 saturated heterocycles. The van der Waals surface area contributed by atoms with E-state index in [4.69, 9.17) is 15.0 Å². The normalized spacial score (nSPS) is 15.1. The van der Waals surface area contributed by atoms with Crippen LogP contribution in [0.15, 0.2) is 28.8 Å². The van der Waals surface area contributed by atoms with E-state index in [9.17, 15) is 4.39 Å². The Morgan fingerprint density at radius 2 is 2.00 bits per heavy atom. The molecule has 0 atom stereocenters. The van der Waals surface area contributed by atoms with Crippen LogP contribution < -0.4 is 10.6 Å². The van der Waals surface area contributed by atoms with Gasteiger partial charge in [0.25, 0.3) is 0 Å². The van der Waals surface area contributed by atoms with Gasteiger partial charge >= 0.3 is 6.01 Å². The van der Waals surface area contributed by atoms with Crippen LogP contribution in [-0.2, 0) is 11.2 Å². The van der Waals surface area contributed by atoms with Crippen LogP contribution in [0.3, 0.4) is 0 Å². The van der Waals surface area contributed by atoms with Crippen molar-refractivity contribution < 1.29 is 13.7 Å². The molecule has 2 aromatic heterocycles. The Kier molecular flexibility index (Phi) is 5.11. The lowest BCUT2D eigenvalue weighted by molar-refractivity contribution is 0.0808. The Labute approximate surface area is 160 Å². The standard InChI is InChI=1S/C18H20FN7O2/c1-27-13-5-7-26(8-6-13)18-24-16(25-28-18)15-21-14(22-17(20)23-15)10-11-3-2-4-12(19)9-11/h2-4,9,13H,5-8,10H2,1H3,(H2,20,21,22,23). The summed E-state index contributed by atoms with van der Waals surface area (Å²) in [6.45, 7) is 1.54. The van der Waals surface area contributed by atoms with Crippen molar-refractivity contribution in [1.82, 2.24) is 25.1 Å². The lowest BCUT2D eigenvalue weighted by Crippen LogP contribution is -2.36. The predicted molar refractivity (Wildman–Crippen MR) is 99.0 cm³/mol. The number of nitrogens with zero attached hydrogens (tertiary/aromatic N) is 6. The highest BCUT2D eigenvalue weighted by molar-refractivity contribution is 5.47. The van der Waals surface area contributed by atoms with Gasteiger partial charge in [0, 0.05) is 26.6 Å². The Hall–Kier alpha value is -3.14. The van der Waals surface area contributed by atoms with Crippen LogP contribution in [0.5, 0.6) is 0 Å². The number of halogens is 1. The molecule has 146 valence electrons. The van der Waals surface area contributed by atoms with Gasteiger partial charge in [0.2, 0.25) is 17.6 Å². The van der Waals surface area contributed by atoms with Gasteiger partial charge in [0.05, 0.1) is 6.10 Å². The number of rotatable bonds is 5. The zero-order valence-electron chi connectivity index (χ0n) is 15.4. The number of ether oxygens (including phenoxy) is 1. The number of piperidine rings is 1. The van der Waals surface area contributed by atoms with Crippen LogP contribution in [0.1, 0.15) is 24.2 Å². The minimum atomic E-state index is -0.320. The summed E-state index contributed by atoms with van der Waals surface area (Å²) in [6, 6.07) is 6.64. The molecule has 9 nitrogen and oxygen atoms in total. The maximum absolute atomic E-state index is 13.4. The Morgan fingerprint density at radius 3 is 2.75 bits per heavy atom. The van der Waals surface area contributed by atoms with E-state index < -0.39 is 0 Å². The highest BCUT2D eigenvalue weighted by Gasteiger charge is 2.24. The monoisotopic (exact) mass is 385 g/mol. The molecule has 0 bridgehead atoms. The highest BCUT2D eigenvalue weighted by atomic mass is 19.1. The van der Waals surface area contributed by atoms with E-state index in [1.807, 2.05) is 4.90 Å². The van der Waals surface area contributed by atoms with Crippen LogP contribution in [0.4, 0.5) is 16.4 Å². The molecule has 2 N–H and O–H groups in total. The largest absolute Gasteiger partial charge is 0.381 e. The van der Waals surface area contributed by atoms with Crippen LogP contribution in [0.2, 0.25) is 0 Å². The molecule has 3 aromatic rings. The molecule has 0 saturated carbocycles. The van der Waals surface area contributed by atoms with Gasteiger partial charge in [-0.2, -0.15) is 15.0 Å². The van der Waals surface area contributed by atoms with Gasteiger partial charge in [-0.1, -0.05) is 17.3 Å². The number of nitrogens with two attached hydrogens (primary N) is 1. The fourth-order valence-corrected chi connectivity index (χ4v) is 3.16. The Bertz CT molecular complexity index is 957. The van der Waals surface area contributed by atoms with Crippen LogP contribution in [-0.4, -0.2) is 51.4 Å². The molecule has 0 spiro atoms. The number of hydrogen-bond acceptors (Lipinski definition) is 9. The zero-order chi connectivity index (χ0) is 19.5. The van der Waals surface area contributed by atoms with Gasteiger partial charge in [-0.3, -0.25) is 0 Å². The summed E-state index contributed by atoms with van der Waals surface area (Å²) in [4.78, 5) is 19.0. The maximum Gasteiger partial charge on any atom is 0.324 e. The van der Waals surface area contributed by atoms with Crippen LogP contribution in [0.25, 0.3) is 11.6 Å². The maximum atomic E-state index is 13.4. The first kappa shape index (κ1) is 18.2. The van der Waals surface area contributed by atoms with Crippen molar-refractivity contribution >= 4 is 12.0 Å².